The molecule has 0 fully saturated rings. The molecule has 4 rings (SSSR count). The Morgan fingerprint density at radius 2 is 1.35 bits per heavy atom. The fourth-order valence-corrected chi connectivity index (χ4v) is 3.89. The average Bonchev–Trinajstić information content (AvgIpc) is 3.23. The largest absolute Gasteiger partial charge is 0.326 e. The number of carbonyl (C=O) groups is 2. The Morgan fingerprint density at radius 1 is 0.742 bits per heavy atom. The Labute approximate surface area is 184 Å². The first kappa shape index (κ1) is 20.5. The van der Waals surface area contributed by atoms with Crippen molar-refractivity contribution in [2.45, 2.75) is 12.8 Å². The van der Waals surface area contributed by atoms with Crippen molar-refractivity contribution in [3.63, 3.8) is 0 Å². The minimum absolute atomic E-state index is 0.0736. The van der Waals surface area contributed by atoms with Crippen LogP contribution in [0.1, 0.15) is 11.1 Å². The van der Waals surface area contributed by atoms with Crippen molar-refractivity contribution >= 4 is 34.0 Å². The van der Waals surface area contributed by atoms with E-state index in [9.17, 15) is 9.59 Å². The standard InChI is InChI=1S/C25H21N3O2S/c29-23(14-18-8-3-1-4-9-18)26-21-13-7-12-20(16-21)22-17-31-25(27-22)28-24(30)15-19-10-5-2-6-11-19/h1-13,16-17H,14-15H2,(H,26,29)(H,27,28,30). The third-order valence-corrected chi connectivity index (χ3v) is 5.37. The Bertz CT molecular complexity index is 1170. The molecule has 5 nitrogen and oxygen atoms in total. The van der Waals surface area contributed by atoms with E-state index in [1.165, 1.54) is 11.3 Å². The maximum Gasteiger partial charge on any atom is 0.230 e. The highest BCUT2D eigenvalue weighted by Gasteiger charge is 2.10. The molecule has 0 aliphatic rings. The van der Waals surface area contributed by atoms with Gasteiger partial charge in [-0.05, 0) is 23.3 Å². The Balaban J connectivity index is 1.38. The van der Waals surface area contributed by atoms with Gasteiger partial charge in [-0.15, -0.1) is 11.3 Å². The van der Waals surface area contributed by atoms with Crippen LogP contribution in [0.3, 0.4) is 0 Å². The molecule has 2 N–H and O–H groups in total. The lowest BCUT2D eigenvalue weighted by Gasteiger charge is -2.07. The Kier molecular flexibility index (Phi) is 6.50. The van der Waals surface area contributed by atoms with Gasteiger partial charge in [0.1, 0.15) is 0 Å². The maximum atomic E-state index is 12.3. The summed E-state index contributed by atoms with van der Waals surface area (Å²) in [6.07, 6.45) is 0.623. The molecule has 1 aromatic heterocycles. The monoisotopic (exact) mass is 427 g/mol. The van der Waals surface area contributed by atoms with Crippen LogP contribution in [-0.2, 0) is 22.4 Å². The molecule has 6 heteroatoms. The van der Waals surface area contributed by atoms with Gasteiger partial charge in [0.25, 0.3) is 0 Å². The van der Waals surface area contributed by atoms with Gasteiger partial charge in [-0.1, -0.05) is 72.8 Å². The fraction of sp³-hybridized carbons (Fsp3) is 0.0800. The van der Waals surface area contributed by atoms with Crippen LogP contribution in [0.2, 0.25) is 0 Å². The number of aromatic nitrogens is 1. The highest BCUT2D eigenvalue weighted by Crippen LogP contribution is 2.27. The molecule has 3 aromatic carbocycles. The normalized spacial score (nSPS) is 10.5. The predicted molar refractivity (Wildman–Crippen MR) is 125 cm³/mol. The first-order chi connectivity index (χ1) is 15.2. The molecule has 154 valence electrons. The molecule has 0 radical (unpaired) electrons. The van der Waals surface area contributed by atoms with Crippen molar-refractivity contribution in [3.05, 3.63) is 101 Å². The molecular formula is C25H21N3O2S. The molecule has 0 unspecified atom stereocenters. The topological polar surface area (TPSA) is 71.1 Å². The number of thiazole rings is 1. The summed E-state index contributed by atoms with van der Waals surface area (Å²) in [5, 5.41) is 8.23. The van der Waals surface area contributed by atoms with Gasteiger partial charge in [0, 0.05) is 16.6 Å². The third kappa shape index (κ3) is 5.87. The number of nitrogens with zero attached hydrogens (tertiary/aromatic N) is 1. The number of anilines is 2. The summed E-state index contributed by atoms with van der Waals surface area (Å²) >= 11 is 1.37. The number of hydrogen-bond acceptors (Lipinski definition) is 4. The fourth-order valence-electron chi connectivity index (χ4n) is 3.15. The molecule has 4 aromatic rings. The van der Waals surface area contributed by atoms with E-state index in [2.05, 4.69) is 15.6 Å². The first-order valence-electron chi connectivity index (χ1n) is 9.89. The van der Waals surface area contributed by atoms with Gasteiger partial charge in [-0.3, -0.25) is 9.59 Å². The van der Waals surface area contributed by atoms with Crippen molar-refractivity contribution in [3.8, 4) is 11.3 Å². The van der Waals surface area contributed by atoms with Gasteiger partial charge in [-0.2, -0.15) is 0 Å². The second-order valence-corrected chi connectivity index (χ2v) is 7.90. The van der Waals surface area contributed by atoms with Crippen LogP contribution < -0.4 is 10.6 Å². The van der Waals surface area contributed by atoms with Gasteiger partial charge >= 0.3 is 0 Å². The number of rotatable bonds is 7. The first-order valence-corrected chi connectivity index (χ1v) is 10.8. The summed E-state index contributed by atoms with van der Waals surface area (Å²) in [7, 11) is 0. The van der Waals surface area contributed by atoms with Crippen molar-refractivity contribution in [2.24, 2.45) is 0 Å². The van der Waals surface area contributed by atoms with Crippen LogP contribution in [0, 0.1) is 0 Å². The Hall–Kier alpha value is -3.77. The van der Waals surface area contributed by atoms with E-state index in [1.54, 1.807) is 0 Å². The number of carbonyl (C=O) groups excluding carboxylic acids is 2. The van der Waals surface area contributed by atoms with Gasteiger partial charge in [-0.25, -0.2) is 4.98 Å². The van der Waals surface area contributed by atoms with Crippen LogP contribution >= 0.6 is 11.3 Å². The van der Waals surface area contributed by atoms with E-state index in [-0.39, 0.29) is 11.8 Å². The molecule has 0 spiro atoms. The van der Waals surface area contributed by atoms with Crippen molar-refractivity contribution in [1.82, 2.24) is 4.98 Å². The average molecular weight is 428 g/mol. The van der Waals surface area contributed by atoms with Crippen LogP contribution in [0.4, 0.5) is 10.8 Å². The molecule has 0 atom stereocenters. The van der Waals surface area contributed by atoms with Crippen molar-refractivity contribution in [2.75, 3.05) is 10.6 Å². The lowest BCUT2D eigenvalue weighted by molar-refractivity contribution is -0.116. The lowest BCUT2D eigenvalue weighted by Crippen LogP contribution is -2.14. The summed E-state index contributed by atoms with van der Waals surface area (Å²) in [6, 6.07) is 26.7. The lowest BCUT2D eigenvalue weighted by atomic mass is 10.1. The zero-order valence-corrected chi connectivity index (χ0v) is 17.6. The van der Waals surface area contributed by atoms with Crippen LogP contribution in [0.15, 0.2) is 90.3 Å². The van der Waals surface area contributed by atoms with Gasteiger partial charge in [0.15, 0.2) is 5.13 Å². The van der Waals surface area contributed by atoms with E-state index in [1.807, 2.05) is 90.3 Å². The zero-order chi connectivity index (χ0) is 21.5. The Morgan fingerprint density at radius 3 is 2.00 bits per heavy atom. The van der Waals surface area contributed by atoms with Gasteiger partial charge < -0.3 is 10.6 Å². The molecule has 1 heterocycles. The van der Waals surface area contributed by atoms with E-state index in [4.69, 9.17) is 0 Å². The number of hydrogen-bond donors (Lipinski definition) is 2. The molecular weight excluding hydrogens is 406 g/mol. The molecule has 0 bridgehead atoms. The molecule has 0 aliphatic carbocycles. The number of nitrogens with one attached hydrogen (secondary N) is 2. The minimum Gasteiger partial charge on any atom is -0.326 e. The molecule has 0 saturated carbocycles. The molecule has 0 aliphatic heterocycles. The van der Waals surface area contributed by atoms with E-state index >= 15 is 0 Å². The summed E-state index contributed by atoms with van der Waals surface area (Å²) in [4.78, 5) is 29.1. The van der Waals surface area contributed by atoms with Crippen molar-refractivity contribution in [1.29, 1.82) is 0 Å². The molecule has 0 saturated heterocycles. The van der Waals surface area contributed by atoms with Gasteiger partial charge in [0.2, 0.25) is 11.8 Å². The SMILES string of the molecule is O=C(Cc1ccccc1)Nc1cccc(-c2csc(NC(=O)Cc3ccccc3)n2)c1. The minimum atomic E-state index is -0.103. The second kappa shape index (κ2) is 9.82. The number of benzene rings is 3. The van der Waals surface area contributed by atoms with E-state index in [0.29, 0.717) is 23.7 Å². The quantitative estimate of drug-likeness (QED) is 0.427. The summed E-state index contributed by atoms with van der Waals surface area (Å²) in [5.74, 6) is -0.176. The zero-order valence-electron chi connectivity index (χ0n) is 16.7. The van der Waals surface area contributed by atoms with Crippen molar-refractivity contribution < 1.29 is 9.59 Å². The second-order valence-electron chi connectivity index (χ2n) is 7.04. The molecule has 31 heavy (non-hydrogen) atoms. The summed E-state index contributed by atoms with van der Waals surface area (Å²) in [5.41, 5.74) is 4.25. The smallest absolute Gasteiger partial charge is 0.230 e. The number of amides is 2. The van der Waals surface area contributed by atoms with E-state index < -0.39 is 0 Å². The molecule has 2 amide bonds. The summed E-state index contributed by atoms with van der Waals surface area (Å²) < 4.78 is 0. The van der Waals surface area contributed by atoms with E-state index in [0.717, 1.165) is 22.4 Å². The van der Waals surface area contributed by atoms with Crippen LogP contribution in [0.5, 0.6) is 0 Å². The predicted octanol–water partition coefficient (Wildman–Crippen LogP) is 5.17. The highest BCUT2D eigenvalue weighted by atomic mass is 32.1. The highest BCUT2D eigenvalue weighted by molar-refractivity contribution is 7.14. The van der Waals surface area contributed by atoms with Crippen LogP contribution in [-0.4, -0.2) is 16.8 Å². The van der Waals surface area contributed by atoms with Gasteiger partial charge in [0.05, 0.1) is 18.5 Å². The summed E-state index contributed by atoms with van der Waals surface area (Å²) in [6.45, 7) is 0. The third-order valence-electron chi connectivity index (χ3n) is 4.61. The van der Waals surface area contributed by atoms with Crippen LogP contribution in [0.25, 0.3) is 11.3 Å². The maximum absolute atomic E-state index is 12.3.